The Kier molecular flexibility index (Phi) is 17.1. The van der Waals surface area contributed by atoms with E-state index in [1.807, 2.05) is 26.2 Å². The summed E-state index contributed by atoms with van der Waals surface area (Å²) in [5, 5.41) is 7.12. The van der Waals surface area contributed by atoms with Crippen LogP contribution in [0.1, 0.15) is 89.1 Å². The van der Waals surface area contributed by atoms with Crippen LogP contribution in [0.25, 0.3) is 32.0 Å². The van der Waals surface area contributed by atoms with Crippen LogP contribution in [0.15, 0.2) is 60.9 Å². The van der Waals surface area contributed by atoms with Gasteiger partial charge in [-0.2, -0.15) is 0 Å². The number of thiazole rings is 2. The van der Waals surface area contributed by atoms with Crippen LogP contribution in [0.3, 0.4) is 0 Å². The van der Waals surface area contributed by atoms with E-state index < -0.39 is 18.2 Å². The average molecular weight is 775 g/mol. The first-order valence-electron chi connectivity index (χ1n) is 19.0. The molecule has 0 unspecified atom stereocenters. The molecule has 2 N–H and O–H groups in total. The van der Waals surface area contributed by atoms with E-state index >= 15 is 0 Å². The van der Waals surface area contributed by atoms with Gasteiger partial charge in [0.05, 0.1) is 30.0 Å². The summed E-state index contributed by atoms with van der Waals surface area (Å²) in [6, 6.07) is 15.6. The van der Waals surface area contributed by atoms with Crippen LogP contribution in [0, 0.1) is 0 Å². The molecule has 0 fully saturated rings. The SMILES string of the molecule is CCCC[C@H](NC=O)C(=O)N(CCC)Cc1ncc(-c2ccc(-c3ccc(-c4cnc(CN(CCC)C(=O)[C@H](CCCC)NC(=O)OC)s4)cc3)cc2)s1. The molecule has 2 aromatic carbocycles. The van der Waals surface area contributed by atoms with Gasteiger partial charge in [-0.25, -0.2) is 14.8 Å². The molecule has 0 saturated heterocycles. The molecular weight excluding hydrogens is 721 g/mol. The highest BCUT2D eigenvalue weighted by Gasteiger charge is 2.27. The number of ether oxygens (including phenoxy) is 1. The summed E-state index contributed by atoms with van der Waals surface area (Å²) in [4.78, 5) is 64.9. The fraction of sp³-hybridized carbons (Fsp3) is 0.463. The second-order valence-electron chi connectivity index (χ2n) is 13.2. The summed E-state index contributed by atoms with van der Waals surface area (Å²) < 4.78 is 4.77. The van der Waals surface area contributed by atoms with Gasteiger partial charge in [0.2, 0.25) is 18.2 Å². The van der Waals surface area contributed by atoms with E-state index in [1.54, 1.807) is 32.5 Å². The maximum atomic E-state index is 13.5. The standard InChI is InChI=1S/C41H54N6O5S2/c1-6-10-12-33(44-28-48)39(49)46(22-8-3)26-37-42-24-35(53-37)31-18-14-29(15-19-31)30-16-20-32(21-17-30)36-25-43-38(54-36)27-47(23-9-4)40(50)34(13-11-7-2)45-41(51)52-5/h14-21,24-25,28,33-34H,6-13,22-23,26-27H2,1-5H3,(H,44,48)(H,45,51)/t33-,34-/m0/s1. The molecule has 0 aliphatic carbocycles. The number of methoxy groups -OCH3 is 1. The van der Waals surface area contributed by atoms with Crippen molar-refractivity contribution in [3.63, 3.8) is 0 Å². The number of nitrogens with zero attached hydrogens (tertiary/aromatic N) is 4. The van der Waals surface area contributed by atoms with Crippen LogP contribution in [0.5, 0.6) is 0 Å². The van der Waals surface area contributed by atoms with Crippen molar-refractivity contribution in [2.75, 3.05) is 20.2 Å². The lowest BCUT2D eigenvalue weighted by Gasteiger charge is -2.26. The number of amides is 4. The number of benzene rings is 2. The van der Waals surface area contributed by atoms with E-state index in [4.69, 9.17) is 4.74 Å². The van der Waals surface area contributed by atoms with E-state index in [1.165, 1.54) is 7.11 Å². The number of alkyl carbamates (subject to hydrolysis) is 1. The van der Waals surface area contributed by atoms with E-state index in [2.05, 4.69) is 83.0 Å². The Hall–Kier alpha value is -4.62. The Bertz CT molecular complexity index is 1770. The highest BCUT2D eigenvalue weighted by molar-refractivity contribution is 7.15. The summed E-state index contributed by atoms with van der Waals surface area (Å²) in [6.45, 7) is 10.2. The van der Waals surface area contributed by atoms with Crippen molar-refractivity contribution in [1.82, 2.24) is 30.4 Å². The minimum absolute atomic E-state index is 0.0619. The van der Waals surface area contributed by atoms with Gasteiger partial charge in [-0.1, -0.05) is 102 Å². The molecule has 11 nitrogen and oxygen atoms in total. The van der Waals surface area contributed by atoms with Gasteiger partial charge in [-0.05, 0) is 47.9 Å². The highest BCUT2D eigenvalue weighted by Crippen LogP contribution is 2.32. The molecule has 290 valence electrons. The largest absolute Gasteiger partial charge is 0.453 e. The summed E-state index contributed by atoms with van der Waals surface area (Å²) in [6.07, 6.45) is 10.1. The van der Waals surface area contributed by atoms with Crippen molar-refractivity contribution in [1.29, 1.82) is 0 Å². The molecule has 2 atom stereocenters. The molecule has 0 aliphatic heterocycles. The van der Waals surface area contributed by atoms with E-state index in [0.29, 0.717) is 45.4 Å². The van der Waals surface area contributed by atoms with Crippen LogP contribution in [-0.4, -0.2) is 76.4 Å². The van der Waals surface area contributed by atoms with E-state index in [-0.39, 0.29) is 11.8 Å². The van der Waals surface area contributed by atoms with Crippen LogP contribution >= 0.6 is 22.7 Å². The topological polar surface area (TPSA) is 134 Å². The van der Waals surface area contributed by atoms with E-state index in [9.17, 15) is 19.2 Å². The smallest absolute Gasteiger partial charge is 0.407 e. The Morgan fingerprint density at radius 3 is 1.52 bits per heavy atom. The second-order valence-corrected chi connectivity index (χ2v) is 15.5. The lowest BCUT2D eigenvalue weighted by molar-refractivity contribution is -0.135. The minimum Gasteiger partial charge on any atom is -0.453 e. The molecule has 13 heteroatoms. The van der Waals surface area contributed by atoms with E-state index in [0.717, 1.165) is 80.5 Å². The fourth-order valence-corrected chi connectivity index (χ4v) is 8.04. The number of hydrogen-bond donors (Lipinski definition) is 2. The van der Waals surface area contributed by atoms with Gasteiger partial charge in [0.1, 0.15) is 22.1 Å². The van der Waals surface area contributed by atoms with Gasteiger partial charge in [0, 0.05) is 25.5 Å². The number of aromatic nitrogens is 2. The zero-order chi connectivity index (χ0) is 38.9. The molecular formula is C41H54N6O5S2. The Labute approximate surface area is 327 Å². The third-order valence-electron chi connectivity index (χ3n) is 9.08. The minimum atomic E-state index is -0.634. The maximum absolute atomic E-state index is 13.5. The molecule has 2 aromatic heterocycles. The monoisotopic (exact) mass is 774 g/mol. The zero-order valence-electron chi connectivity index (χ0n) is 32.1. The van der Waals surface area contributed by atoms with Gasteiger partial charge in [-0.15, -0.1) is 22.7 Å². The zero-order valence-corrected chi connectivity index (χ0v) is 33.8. The molecule has 0 spiro atoms. The van der Waals surface area contributed by atoms with Crippen LogP contribution in [0.4, 0.5) is 4.79 Å². The fourth-order valence-electron chi connectivity index (χ4n) is 6.16. The number of nitrogens with one attached hydrogen (secondary N) is 2. The number of carbonyl (C=O) groups excluding carboxylic acids is 4. The molecule has 4 amide bonds. The van der Waals surface area contributed by atoms with Gasteiger partial charge < -0.3 is 25.2 Å². The molecule has 0 bridgehead atoms. The first-order chi connectivity index (χ1) is 26.2. The number of hydrogen-bond acceptors (Lipinski definition) is 9. The second kappa shape index (κ2) is 21.9. The van der Waals surface area contributed by atoms with Crippen molar-refractivity contribution in [2.45, 2.75) is 104 Å². The average Bonchev–Trinajstić information content (AvgIpc) is 3.87. The first kappa shape index (κ1) is 42.1. The Morgan fingerprint density at radius 2 is 1.11 bits per heavy atom. The molecule has 4 aromatic rings. The number of rotatable bonds is 22. The molecule has 2 heterocycles. The third kappa shape index (κ3) is 11.9. The quantitative estimate of drug-likeness (QED) is 0.0768. The lowest BCUT2D eigenvalue weighted by Crippen LogP contribution is -2.48. The molecule has 0 radical (unpaired) electrons. The van der Waals surface area contributed by atoms with Crippen molar-refractivity contribution in [3.05, 3.63) is 70.9 Å². The number of carbonyl (C=O) groups is 4. The summed E-state index contributed by atoms with van der Waals surface area (Å²) in [7, 11) is 1.30. The highest BCUT2D eigenvalue weighted by atomic mass is 32.1. The van der Waals surface area contributed by atoms with Crippen LogP contribution in [0.2, 0.25) is 0 Å². The normalized spacial score (nSPS) is 12.1. The third-order valence-corrected chi connectivity index (χ3v) is 11.1. The summed E-state index contributed by atoms with van der Waals surface area (Å²) in [5.41, 5.74) is 4.28. The van der Waals surface area contributed by atoms with Crippen molar-refractivity contribution in [2.24, 2.45) is 0 Å². The first-order valence-corrected chi connectivity index (χ1v) is 20.6. The van der Waals surface area contributed by atoms with Gasteiger partial charge in [0.25, 0.3) is 0 Å². The predicted octanol–water partition coefficient (Wildman–Crippen LogP) is 8.30. The van der Waals surface area contributed by atoms with Crippen molar-refractivity contribution >= 4 is 47.0 Å². The molecule has 0 aliphatic rings. The van der Waals surface area contributed by atoms with Gasteiger partial charge >= 0.3 is 6.09 Å². The van der Waals surface area contributed by atoms with Gasteiger partial charge in [-0.3, -0.25) is 14.4 Å². The molecule has 54 heavy (non-hydrogen) atoms. The summed E-state index contributed by atoms with van der Waals surface area (Å²) >= 11 is 3.14. The maximum Gasteiger partial charge on any atom is 0.407 e. The number of unbranched alkanes of at least 4 members (excludes halogenated alkanes) is 2. The van der Waals surface area contributed by atoms with Crippen molar-refractivity contribution < 1.29 is 23.9 Å². The molecule has 0 saturated carbocycles. The predicted molar refractivity (Wildman–Crippen MR) is 217 cm³/mol. The summed E-state index contributed by atoms with van der Waals surface area (Å²) in [5.74, 6) is -0.183. The van der Waals surface area contributed by atoms with Crippen LogP contribution in [-0.2, 0) is 32.2 Å². The van der Waals surface area contributed by atoms with Gasteiger partial charge in [0.15, 0.2) is 0 Å². The van der Waals surface area contributed by atoms with Crippen molar-refractivity contribution in [3.8, 4) is 32.0 Å². The Balaban J connectivity index is 1.40. The Morgan fingerprint density at radius 1 is 0.685 bits per heavy atom. The lowest BCUT2D eigenvalue weighted by atomic mass is 10.0. The molecule has 4 rings (SSSR count). The van der Waals surface area contributed by atoms with Crippen LogP contribution < -0.4 is 10.6 Å².